The summed E-state index contributed by atoms with van der Waals surface area (Å²) in [6.45, 7) is 3.19. The number of amides is 2. The van der Waals surface area contributed by atoms with Gasteiger partial charge in [0.1, 0.15) is 0 Å². The van der Waals surface area contributed by atoms with Crippen molar-refractivity contribution in [3.8, 4) is 0 Å². The molecular weight excluding hydrogens is 306 g/mol. The molecule has 8 nitrogen and oxygen atoms in total. The maximum atomic E-state index is 12.4. The van der Waals surface area contributed by atoms with Crippen LogP contribution in [0.3, 0.4) is 0 Å². The topological polar surface area (TPSA) is 71.2 Å². The highest BCUT2D eigenvalue weighted by atomic mass is 16.2. The van der Waals surface area contributed by atoms with Gasteiger partial charge in [-0.2, -0.15) is 10.2 Å². The zero-order valence-corrected chi connectivity index (χ0v) is 14.5. The zero-order chi connectivity index (χ0) is 17.1. The van der Waals surface area contributed by atoms with Crippen molar-refractivity contribution in [3.63, 3.8) is 0 Å². The van der Waals surface area contributed by atoms with Crippen LogP contribution >= 0.6 is 0 Å². The van der Waals surface area contributed by atoms with Gasteiger partial charge < -0.3 is 9.80 Å². The van der Waals surface area contributed by atoms with Crippen LogP contribution < -0.4 is 5.32 Å². The van der Waals surface area contributed by atoms with E-state index in [1.807, 2.05) is 55.4 Å². The van der Waals surface area contributed by atoms with Crippen molar-refractivity contribution in [2.45, 2.75) is 18.9 Å². The third-order valence-electron chi connectivity index (χ3n) is 4.32. The first kappa shape index (κ1) is 16.5. The van der Waals surface area contributed by atoms with E-state index in [2.05, 4.69) is 20.4 Å². The highest BCUT2D eigenvalue weighted by molar-refractivity contribution is 5.88. The summed E-state index contributed by atoms with van der Waals surface area (Å²) in [7, 11) is 5.96. The predicted octanol–water partition coefficient (Wildman–Crippen LogP) is 1.20. The van der Waals surface area contributed by atoms with Crippen LogP contribution in [0.15, 0.2) is 24.7 Å². The van der Waals surface area contributed by atoms with E-state index < -0.39 is 0 Å². The number of urea groups is 1. The lowest BCUT2D eigenvalue weighted by atomic mass is 10.0. The van der Waals surface area contributed by atoms with E-state index in [0.717, 1.165) is 32.6 Å². The minimum Gasteiger partial charge on any atom is -0.324 e. The van der Waals surface area contributed by atoms with Crippen molar-refractivity contribution in [1.82, 2.24) is 29.4 Å². The minimum absolute atomic E-state index is 0.0840. The van der Waals surface area contributed by atoms with Gasteiger partial charge in [0.2, 0.25) is 0 Å². The Hall–Kier alpha value is -2.35. The molecule has 0 radical (unpaired) electrons. The summed E-state index contributed by atoms with van der Waals surface area (Å²) >= 11 is 0. The van der Waals surface area contributed by atoms with Gasteiger partial charge in [-0.3, -0.25) is 14.7 Å². The van der Waals surface area contributed by atoms with Crippen LogP contribution in [0, 0.1) is 0 Å². The molecule has 3 heterocycles. The molecule has 24 heavy (non-hydrogen) atoms. The summed E-state index contributed by atoms with van der Waals surface area (Å²) in [5.41, 5.74) is 1.20. The van der Waals surface area contributed by atoms with Crippen LogP contribution in [0.5, 0.6) is 0 Å². The Bertz CT molecular complexity index is 690. The molecule has 2 amide bonds. The highest BCUT2D eigenvalue weighted by Crippen LogP contribution is 2.27. The van der Waals surface area contributed by atoms with Crippen molar-refractivity contribution >= 4 is 11.8 Å². The molecule has 0 spiro atoms. The Morgan fingerprint density at radius 2 is 2.29 bits per heavy atom. The number of rotatable bonds is 5. The zero-order valence-electron chi connectivity index (χ0n) is 14.5. The SMILES string of the molecule is CN(C)CCn1ccc(NC(=O)N2CC[C@H](c3cnn(C)c3)C2)n1. The first-order valence-corrected chi connectivity index (χ1v) is 8.24. The quantitative estimate of drug-likeness (QED) is 0.894. The number of carbonyl (C=O) groups is 1. The number of aromatic nitrogens is 4. The molecule has 1 atom stereocenters. The standard InChI is InChI=1S/C16H25N7O/c1-20(2)8-9-23-7-5-15(19-23)18-16(24)22-6-4-13(12-22)14-10-17-21(3)11-14/h5,7,10-11,13H,4,6,8-9,12H2,1-3H3,(H,18,19,24)/t13-/m0/s1. The number of nitrogens with zero attached hydrogens (tertiary/aromatic N) is 6. The van der Waals surface area contributed by atoms with Gasteiger partial charge in [0.05, 0.1) is 12.7 Å². The van der Waals surface area contributed by atoms with Crippen molar-refractivity contribution in [3.05, 3.63) is 30.2 Å². The number of likely N-dealkylation sites (N-methyl/N-ethyl adjacent to an activating group) is 1. The summed E-state index contributed by atoms with van der Waals surface area (Å²) in [5, 5.41) is 11.5. The van der Waals surface area contributed by atoms with E-state index in [1.54, 1.807) is 4.68 Å². The molecule has 0 aliphatic carbocycles. The van der Waals surface area contributed by atoms with Gasteiger partial charge in [-0.1, -0.05) is 0 Å². The second-order valence-electron chi connectivity index (χ2n) is 6.58. The lowest BCUT2D eigenvalue weighted by Crippen LogP contribution is -2.33. The van der Waals surface area contributed by atoms with E-state index in [-0.39, 0.29) is 6.03 Å². The van der Waals surface area contributed by atoms with Crippen LogP contribution in [-0.2, 0) is 13.6 Å². The summed E-state index contributed by atoms with van der Waals surface area (Å²) in [6, 6.07) is 1.75. The van der Waals surface area contributed by atoms with E-state index in [4.69, 9.17) is 0 Å². The van der Waals surface area contributed by atoms with E-state index in [0.29, 0.717) is 11.7 Å². The van der Waals surface area contributed by atoms with Gasteiger partial charge in [-0.05, 0) is 26.1 Å². The molecule has 130 valence electrons. The number of nitrogens with one attached hydrogen (secondary N) is 1. The molecular formula is C16H25N7O. The summed E-state index contributed by atoms with van der Waals surface area (Å²) < 4.78 is 3.65. The largest absolute Gasteiger partial charge is 0.324 e. The van der Waals surface area contributed by atoms with Gasteiger partial charge >= 0.3 is 6.03 Å². The van der Waals surface area contributed by atoms with E-state index in [1.165, 1.54) is 5.56 Å². The number of anilines is 1. The summed E-state index contributed by atoms with van der Waals surface area (Å²) in [4.78, 5) is 16.4. The number of hydrogen-bond acceptors (Lipinski definition) is 4. The molecule has 8 heteroatoms. The van der Waals surface area contributed by atoms with Crippen molar-refractivity contribution in [2.75, 3.05) is 39.0 Å². The minimum atomic E-state index is -0.0840. The average Bonchev–Trinajstić information content (AvgIpc) is 3.24. The fourth-order valence-electron chi connectivity index (χ4n) is 2.91. The molecule has 2 aromatic rings. The number of likely N-dealkylation sites (tertiary alicyclic amines) is 1. The molecule has 0 aromatic carbocycles. The van der Waals surface area contributed by atoms with Gasteiger partial charge in [0.15, 0.2) is 5.82 Å². The Balaban J connectivity index is 1.52. The average molecular weight is 331 g/mol. The number of hydrogen-bond donors (Lipinski definition) is 1. The third kappa shape index (κ3) is 3.94. The Kier molecular flexibility index (Phi) is 4.84. The van der Waals surface area contributed by atoms with Gasteiger partial charge in [0.25, 0.3) is 0 Å². The van der Waals surface area contributed by atoms with E-state index >= 15 is 0 Å². The van der Waals surface area contributed by atoms with Crippen LogP contribution in [0.1, 0.15) is 17.9 Å². The summed E-state index contributed by atoms with van der Waals surface area (Å²) in [6.07, 6.45) is 6.77. The Morgan fingerprint density at radius 1 is 1.46 bits per heavy atom. The lowest BCUT2D eigenvalue weighted by Gasteiger charge is -2.16. The normalized spacial score (nSPS) is 17.7. The number of aryl methyl sites for hydroxylation is 1. The molecule has 2 aromatic heterocycles. The van der Waals surface area contributed by atoms with E-state index in [9.17, 15) is 4.79 Å². The fourth-order valence-corrected chi connectivity index (χ4v) is 2.91. The molecule has 1 aliphatic rings. The number of carbonyl (C=O) groups excluding carboxylic acids is 1. The predicted molar refractivity (Wildman–Crippen MR) is 91.9 cm³/mol. The van der Waals surface area contributed by atoms with Crippen LogP contribution in [0.2, 0.25) is 0 Å². The molecule has 1 fully saturated rings. The second-order valence-corrected chi connectivity index (χ2v) is 6.58. The smallest absolute Gasteiger partial charge is 0.323 e. The van der Waals surface area contributed by atoms with Gasteiger partial charge in [-0.25, -0.2) is 4.79 Å². The van der Waals surface area contributed by atoms with Crippen molar-refractivity contribution < 1.29 is 4.79 Å². The Morgan fingerprint density at radius 3 is 3.00 bits per heavy atom. The third-order valence-corrected chi connectivity index (χ3v) is 4.32. The maximum Gasteiger partial charge on any atom is 0.323 e. The molecule has 0 saturated carbocycles. The lowest BCUT2D eigenvalue weighted by molar-refractivity contribution is 0.222. The monoisotopic (exact) mass is 331 g/mol. The van der Waals surface area contributed by atoms with Gasteiger partial charge in [0, 0.05) is 51.1 Å². The molecule has 0 bridgehead atoms. The first-order valence-electron chi connectivity index (χ1n) is 8.24. The molecule has 1 N–H and O–H groups in total. The van der Waals surface area contributed by atoms with Crippen molar-refractivity contribution in [2.24, 2.45) is 7.05 Å². The van der Waals surface area contributed by atoms with Crippen LogP contribution in [0.25, 0.3) is 0 Å². The highest BCUT2D eigenvalue weighted by Gasteiger charge is 2.28. The Labute approximate surface area is 142 Å². The second kappa shape index (κ2) is 7.04. The molecule has 0 unspecified atom stereocenters. The summed E-state index contributed by atoms with van der Waals surface area (Å²) in [5.74, 6) is 0.964. The molecule has 1 saturated heterocycles. The fraction of sp³-hybridized carbons (Fsp3) is 0.562. The van der Waals surface area contributed by atoms with Crippen LogP contribution in [-0.4, -0.2) is 69.1 Å². The first-order chi connectivity index (χ1) is 11.5. The molecule has 1 aliphatic heterocycles. The van der Waals surface area contributed by atoms with Gasteiger partial charge in [-0.15, -0.1) is 0 Å². The van der Waals surface area contributed by atoms with Crippen molar-refractivity contribution in [1.29, 1.82) is 0 Å². The van der Waals surface area contributed by atoms with Crippen LogP contribution in [0.4, 0.5) is 10.6 Å². The maximum absolute atomic E-state index is 12.4. The molecule has 3 rings (SSSR count).